The van der Waals surface area contributed by atoms with Gasteiger partial charge in [-0.05, 0) is 48.9 Å². The quantitative estimate of drug-likeness (QED) is 0.172. The highest BCUT2D eigenvalue weighted by Gasteiger charge is 2.45. The lowest BCUT2D eigenvalue weighted by Gasteiger charge is -2.38. The molecule has 2 N–H and O–H groups in total. The minimum atomic E-state index is -1.01. The van der Waals surface area contributed by atoms with Crippen molar-refractivity contribution in [3.05, 3.63) is 77.4 Å². The van der Waals surface area contributed by atoms with Gasteiger partial charge in [-0.15, -0.1) is 10.2 Å². The zero-order valence-electron chi connectivity index (χ0n) is 31.4. The summed E-state index contributed by atoms with van der Waals surface area (Å²) in [6.45, 7) is 12.5. The number of carbonyl (C=O) groups excluding carboxylic acids is 5. The summed E-state index contributed by atoms with van der Waals surface area (Å²) in [6, 6.07) is 11.7. The Labute approximate surface area is 335 Å². The topological polar surface area (TPSA) is 186 Å². The SMILES string of the molecule is [C-]#[N+]c1cnn2c(-c3cc(NC)c(-c4nnc(N5CCN(C(=O)CN6CCN(c7ccc8c(c7)C(=O)N(C7CCC(=O)NC7=O)C8=O)CC6)CC5)s4)cn3)ccc2c1. The molecule has 5 aromatic rings. The fourth-order valence-electron chi connectivity index (χ4n) is 7.93. The highest BCUT2D eigenvalue weighted by Crippen LogP contribution is 2.36. The van der Waals surface area contributed by atoms with Gasteiger partial charge in [-0.25, -0.2) is 9.36 Å². The molecule has 4 aliphatic heterocycles. The van der Waals surface area contributed by atoms with Crippen molar-refractivity contribution in [1.29, 1.82) is 0 Å². The van der Waals surface area contributed by atoms with E-state index in [2.05, 4.69) is 45.5 Å². The van der Waals surface area contributed by atoms with Crippen molar-refractivity contribution in [3.63, 3.8) is 0 Å². The van der Waals surface area contributed by atoms with E-state index in [1.54, 1.807) is 28.9 Å². The van der Waals surface area contributed by atoms with Crippen LogP contribution in [-0.4, -0.2) is 141 Å². The second-order valence-electron chi connectivity index (χ2n) is 14.4. The van der Waals surface area contributed by atoms with Crippen molar-refractivity contribution in [2.75, 3.05) is 81.1 Å². The van der Waals surface area contributed by atoms with Crippen LogP contribution < -0.4 is 20.4 Å². The number of carbonyl (C=O) groups is 5. The van der Waals surface area contributed by atoms with Crippen LogP contribution in [-0.2, 0) is 14.4 Å². The van der Waals surface area contributed by atoms with Crippen LogP contribution in [0.3, 0.4) is 0 Å². The molecule has 1 atom stereocenters. The molecule has 0 spiro atoms. The summed E-state index contributed by atoms with van der Waals surface area (Å²) < 4.78 is 1.76. The van der Waals surface area contributed by atoms with Gasteiger partial charge in [0, 0.05) is 83.4 Å². The first-order valence-corrected chi connectivity index (χ1v) is 19.7. The van der Waals surface area contributed by atoms with Crippen LogP contribution in [0.25, 0.3) is 32.3 Å². The van der Waals surface area contributed by atoms with Crippen LogP contribution >= 0.6 is 11.3 Å². The Morgan fingerprint density at radius 2 is 1.67 bits per heavy atom. The zero-order chi connectivity index (χ0) is 40.1. The summed E-state index contributed by atoms with van der Waals surface area (Å²) in [5.41, 5.74) is 5.77. The van der Waals surface area contributed by atoms with Crippen molar-refractivity contribution in [2.24, 2.45) is 0 Å². The molecule has 1 unspecified atom stereocenters. The average Bonchev–Trinajstić information content (AvgIpc) is 3.97. The minimum absolute atomic E-state index is 0.0678. The van der Waals surface area contributed by atoms with Gasteiger partial charge in [0.25, 0.3) is 11.8 Å². The number of piperidine rings is 1. The number of fused-ring (bicyclic) bond motifs is 2. The van der Waals surface area contributed by atoms with Crippen LogP contribution in [0, 0.1) is 6.57 Å². The highest BCUT2D eigenvalue weighted by molar-refractivity contribution is 7.18. The molecule has 4 aromatic heterocycles. The van der Waals surface area contributed by atoms with Crippen molar-refractivity contribution in [3.8, 4) is 22.0 Å². The first kappa shape index (κ1) is 36.8. The number of anilines is 3. The smallest absolute Gasteiger partial charge is 0.262 e. The summed E-state index contributed by atoms with van der Waals surface area (Å²) in [4.78, 5) is 81.3. The normalized spacial score (nSPS) is 18.8. The lowest BCUT2D eigenvalue weighted by Crippen LogP contribution is -2.54. The molecule has 0 aliphatic carbocycles. The summed E-state index contributed by atoms with van der Waals surface area (Å²) in [6.07, 6.45) is 3.49. The van der Waals surface area contributed by atoms with Crippen LogP contribution in [0.5, 0.6) is 0 Å². The van der Waals surface area contributed by atoms with Crippen molar-refractivity contribution < 1.29 is 24.0 Å². The summed E-state index contributed by atoms with van der Waals surface area (Å²) in [5, 5.41) is 20.4. The predicted octanol–water partition coefficient (Wildman–Crippen LogP) is 2.38. The number of piperazine rings is 2. The molecule has 294 valence electrons. The van der Waals surface area contributed by atoms with Crippen LogP contribution in [0.1, 0.15) is 33.6 Å². The largest absolute Gasteiger partial charge is 0.387 e. The molecule has 3 fully saturated rings. The molecule has 0 saturated carbocycles. The van der Waals surface area contributed by atoms with Gasteiger partial charge in [0.05, 0.1) is 52.9 Å². The lowest BCUT2D eigenvalue weighted by molar-refractivity contribution is -0.136. The molecule has 0 bridgehead atoms. The van der Waals surface area contributed by atoms with E-state index in [-0.39, 0.29) is 29.9 Å². The van der Waals surface area contributed by atoms with E-state index in [0.717, 1.165) is 48.9 Å². The van der Waals surface area contributed by atoms with Gasteiger partial charge < -0.3 is 20.0 Å². The third-order valence-electron chi connectivity index (χ3n) is 11.1. The number of imide groups is 2. The Bertz CT molecular complexity index is 2550. The number of amides is 5. The van der Waals surface area contributed by atoms with E-state index in [1.165, 1.54) is 17.5 Å². The first-order valence-electron chi connectivity index (χ1n) is 18.9. The highest BCUT2D eigenvalue weighted by atomic mass is 32.1. The molecule has 3 saturated heterocycles. The van der Waals surface area contributed by atoms with E-state index >= 15 is 0 Å². The number of nitrogens with zero attached hydrogens (tertiary/aromatic N) is 11. The molecule has 0 radical (unpaired) electrons. The Morgan fingerprint density at radius 1 is 0.897 bits per heavy atom. The Kier molecular flexibility index (Phi) is 9.49. The Balaban J connectivity index is 0.773. The molecular weight excluding hydrogens is 763 g/mol. The van der Waals surface area contributed by atoms with E-state index < -0.39 is 29.7 Å². The number of pyridine rings is 1. The molecule has 58 heavy (non-hydrogen) atoms. The fourth-order valence-corrected chi connectivity index (χ4v) is 8.85. The number of rotatable bonds is 8. The van der Waals surface area contributed by atoms with Gasteiger partial charge in [0.15, 0.2) is 5.01 Å². The minimum Gasteiger partial charge on any atom is -0.387 e. The molecular formula is C39H37N13O5S. The summed E-state index contributed by atoms with van der Waals surface area (Å²) >= 11 is 1.48. The van der Waals surface area contributed by atoms with E-state index in [1.807, 2.05) is 36.2 Å². The number of benzene rings is 1. The second kappa shape index (κ2) is 14.9. The first-order chi connectivity index (χ1) is 28.2. The number of hydrogen-bond donors (Lipinski definition) is 2. The molecule has 18 nitrogen and oxygen atoms in total. The second-order valence-corrected chi connectivity index (χ2v) is 15.4. The van der Waals surface area contributed by atoms with Gasteiger partial charge in [-0.3, -0.25) is 44.1 Å². The van der Waals surface area contributed by atoms with Gasteiger partial charge >= 0.3 is 0 Å². The average molecular weight is 800 g/mol. The molecule has 4 aliphatic rings. The lowest BCUT2D eigenvalue weighted by atomic mass is 10.0. The van der Waals surface area contributed by atoms with E-state index in [4.69, 9.17) is 11.6 Å². The van der Waals surface area contributed by atoms with Crippen LogP contribution in [0.4, 0.5) is 22.2 Å². The standard InChI is InChI=1S/C39H37N13O5S/c1-40-23-17-25-4-6-31(52(25)43-20-23)30-19-29(41-2)28(21-42-30)36-45-46-39(58-36)50-15-13-49(14-16-50)34(54)22-47-9-11-48(12-10-47)24-3-5-26-27(18-24)38(57)51(37(26)56)32-7-8-33(53)44-35(32)55/h3-6,17-21,32H,7-16,22H2,2H3,(H,41,42)(H,44,53,55). The summed E-state index contributed by atoms with van der Waals surface area (Å²) in [5.74, 6) is -2.03. The maximum atomic E-state index is 13.4. The van der Waals surface area contributed by atoms with E-state index in [0.29, 0.717) is 64.6 Å². The number of nitrogens with one attached hydrogen (secondary N) is 2. The summed E-state index contributed by atoms with van der Waals surface area (Å²) in [7, 11) is 1.85. The van der Waals surface area contributed by atoms with E-state index in [9.17, 15) is 24.0 Å². The molecule has 8 heterocycles. The van der Waals surface area contributed by atoms with Crippen LogP contribution in [0.2, 0.25) is 0 Å². The molecule has 1 aromatic carbocycles. The number of hydrogen-bond acceptors (Lipinski definition) is 14. The molecule has 19 heteroatoms. The predicted molar refractivity (Wildman–Crippen MR) is 214 cm³/mol. The van der Waals surface area contributed by atoms with Gasteiger partial charge in [0.2, 0.25) is 28.5 Å². The van der Waals surface area contributed by atoms with Gasteiger partial charge in [-0.1, -0.05) is 11.3 Å². The molecule has 5 amide bonds. The van der Waals surface area contributed by atoms with Crippen molar-refractivity contribution in [1.82, 2.24) is 44.8 Å². The monoisotopic (exact) mass is 799 g/mol. The van der Waals surface area contributed by atoms with Crippen molar-refractivity contribution >= 4 is 68.6 Å². The van der Waals surface area contributed by atoms with Crippen LogP contribution in [0.15, 0.2) is 54.9 Å². The maximum Gasteiger partial charge on any atom is 0.262 e. The third kappa shape index (κ3) is 6.65. The van der Waals surface area contributed by atoms with Gasteiger partial charge in [-0.2, -0.15) is 5.10 Å². The Hall–Kier alpha value is -6.78. The number of aromatic nitrogens is 5. The zero-order valence-corrected chi connectivity index (χ0v) is 32.2. The van der Waals surface area contributed by atoms with Crippen molar-refractivity contribution in [2.45, 2.75) is 18.9 Å². The fraction of sp³-hybridized carbons (Fsp3) is 0.333. The maximum absolute atomic E-state index is 13.4. The third-order valence-corrected chi connectivity index (χ3v) is 12.1. The Morgan fingerprint density at radius 3 is 2.43 bits per heavy atom. The van der Waals surface area contributed by atoms with Gasteiger partial charge in [0.1, 0.15) is 6.04 Å². The molecule has 9 rings (SSSR count).